The molecule has 59 heavy (non-hydrogen) atoms. The number of fused-ring (bicyclic) bond motifs is 16. The van der Waals surface area contributed by atoms with Crippen LogP contribution >= 0.6 is 0 Å². The lowest BCUT2D eigenvalue weighted by atomic mass is 9.99. The molecule has 0 amide bonds. The van der Waals surface area contributed by atoms with E-state index in [0.29, 0.717) is 0 Å². The minimum absolute atomic E-state index is 0.823. The molecule has 0 aliphatic carbocycles. The summed E-state index contributed by atoms with van der Waals surface area (Å²) in [6.45, 7) is 0. The summed E-state index contributed by atoms with van der Waals surface area (Å²) >= 11 is 0. The minimum Gasteiger partial charge on any atom is -0.309 e. The van der Waals surface area contributed by atoms with Crippen molar-refractivity contribution in [1.29, 1.82) is 0 Å². The Labute approximate surface area is 336 Å². The van der Waals surface area contributed by atoms with Gasteiger partial charge in [0.25, 0.3) is 0 Å². The van der Waals surface area contributed by atoms with Gasteiger partial charge in [-0.15, -0.1) is 10.2 Å². The maximum absolute atomic E-state index is 5.26. The topological polar surface area (TPSA) is 40.0 Å². The van der Waals surface area contributed by atoms with Crippen molar-refractivity contribution >= 4 is 103 Å². The Morgan fingerprint density at radius 2 is 0.898 bits per heavy atom. The molecule has 0 N–H and O–H groups in total. The Hall–Kier alpha value is -8.02. The van der Waals surface area contributed by atoms with Crippen molar-refractivity contribution in [3.8, 4) is 22.8 Å². The van der Waals surface area contributed by atoms with E-state index in [1.807, 2.05) is 0 Å². The number of aromatic nitrogens is 5. The molecule has 5 heteroatoms. The van der Waals surface area contributed by atoms with E-state index >= 15 is 0 Å². The Morgan fingerprint density at radius 1 is 0.322 bits per heavy atom. The molecule has 0 spiro atoms. The molecule has 5 aromatic heterocycles. The molecule has 0 bridgehead atoms. The minimum atomic E-state index is 0.823. The molecule has 0 fully saturated rings. The van der Waals surface area contributed by atoms with E-state index in [1.54, 1.807) is 0 Å². The summed E-state index contributed by atoms with van der Waals surface area (Å²) in [5.74, 6) is 0.823. The normalized spacial score (nSPS) is 12.4. The van der Waals surface area contributed by atoms with E-state index in [-0.39, 0.29) is 0 Å². The maximum Gasteiger partial charge on any atom is 0.168 e. The molecule has 14 rings (SSSR count). The van der Waals surface area contributed by atoms with Crippen molar-refractivity contribution in [3.05, 3.63) is 188 Å². The Kier molecular flexibility index (Phi) is 5.96. The number of hydrogen-bond donors (Lipinski definition) is 0. The monoisotopic (exact) mass is 749 g/mol. The predicted octanol–water partition coefficient (Wildman–Crippen LogP) is 13.8. The van der Waals surface area contributed by atoms with Gasteiger partial charge in [-0.3, -0.25) is 4.57 Å². The molecule has 14 aromatic rings. The molecule has 0 aliphatic heterocycles. The van der Waals surface area contributed by atoms with E-state index in [0.717, 1.165) is 50.1 Å². The molecule has 0 radical (unpaired) electrons. The van der Waals surface area contributed by atoms with Gasteiger partial charge in [0.1, 0.15) is 5.69 Å². The SMILES string of the molecule is c1ccc(-n2c3ccccc3c3cc(-c4nnc(-n5c6ccccc6c6cc7c8ccccc8n8c9ccc%10ccccc%10c9c(c65)c78)c5ccccc45)ccc32)cc1. The first kappa shape index (κ1) is 31.1. The molecule has 5 nitrogen and oxygen atoms in total. The van der Waals surface area contributed by atoms with Gasteiger partial charge in [-0.25, -0.2) is 0 Å². The van der Waals surface area contributed by atoms with Crippen LogP contribution in [0.1, 0.15) is 0 Å². The zero-order valence-electron chi connectivity index (χ0n) is 31.6. The van der Waals surface area contributed by atoms with Crippen molar-refractivity contribution in [2.24, 2.45) is 0 Å². The van der Waals surface area contributed by atoms with Gasteiger partial charge in [-0.2, -0.15) is 0 Å². The van der Waals surface area contributed by atoms with Gasteiger partial charge in [0.2, 0.25) is 0 Å². The van der Waals surface area contributed by atoms with Crippen LogP contribution < -0.4 is 0 Å². The molecule has 0 atom stereocenters. The summed E-state index contributed by atoms with van der Waals surface area (Å²) < 4.78 is 7.24. The van der Waals surface area contributed by atoms with E-state index in [1.165, 1.54) is 75.9 Å². The lowest BCUT2D eigenvalue weighted by Crippen LogP contribution is -2.03. The quantitative estimate of drug-likeness (QED) is 0.180. The Morgan fingerprint density at radius 3 is 1.69 bits per heavy atom. The number of nitrogens with zero attached hydrogens (tertiary/aromatic N) is 5. The molecule has 0 saturated heterocycles. The molecular formula is C54H31N5. The second-order valence-electron chi connectivity index (χ2n) is 15.8. The largest absolute Gasteiger partial charge is 0.309 e. The van der Waals surface area contributed by atoms with Gasteiger partial charge in [0.15, 0.2) is 5.82 Å². The second-order valence-corrected chi connectivity index (χ2v) is 15.8. The van der Waals surface area contributed by atoms with E-state index in [4.69, 9.17) is 10.2 Å². The zero-order chi connectivity index (χ0) is 38.3. The standard InChI is InChI=1S/C54H31N5/c1-2-15-34(16-3-1)57-44-23-11-8-18-36(44)41-30-33(27-28-47(41)57)51-39-21-6-7-22-40(39)54(56-55-51)59-46-25-13-10-20-38(46)43-31-42-37-19-9-12-24-45(37)58-48-29-26-32-14-4-5-17-35(32)49(48)50(52(42)58)53(43)59/h1-31H. The highest BCUT2D eigenvalue weighted by Crippen LogP contribution is 2.48. The number of para-hydroxylation sites is 4. The first-order chi connectivity index (χ1) is 29.3. The van der Waals surface area contributed by atoms with Gasteiger partial charge in [0, 0.05) is 65.1 Å². The highest BCUT2D eigenvalue weighted by atomic mass is 15.2. The number of hydrogen-bond acceptors (Lipinski definition) is 2. The van der Waals surface area contributed by atoms with Crippen molar-refractivity contribution in [1.82, 2.24) is 23.7 Å². The lowest BCUT2D eigenvalue weighted by Gasteiger charge is -2.13. The highest BCUT2D eigenvalue weighted by molar-refractivity contribution is 6.37. The molecule has 0 unspecified atom stereocenters. The van der Waals surface area contributed by atoms with Crippen LogP contribution in [0.5, 0.6) is 0 Å². The summed E-state index contributed by atoms with van der Waals surface area (Å²) in [6.07, 6.45) is 0. The van der Waals surface area contributed by atoms with Crippen LogP contribution in [0, 0.1) is 0 Å². The summed E-state index contributed by atoms with van der Waals surface area (Å²) in [6, 6.07) is 68.1. The van der Waals surface area contributed by atoms with Gasteiger partial charge in [-0.1, -0.05) is 133 Å². The second kappa shape index (κ2) is 11.3. The van der Waals surface area contributed by atoms with Crippen LogP contribution in [-0.4, -0.2) is 23.7 Å². The lowest BCUT2D eigenvalue weighted by molar-refractivity contribution is 0.978. The smallest absolute Gasteiger partial charge is 0.168 e. The number of rotatable bonds is 3. The van der Waals surface area contributed by atoms with Crippen LogP contribution in [0.25, 0.3) is 126 Å². The molecule has 9 aromatic carbocycles. The average Bonchev–Trinajstić information content (AvgIpc) is 4.03. The Bertz CT molecular complexity index is 4070. The summed E-state index contributed by atoms with van der Waals surface area (Å²) in [5, 5.41) is 24.9. The third kappa shape index (κ3) is 3.98. The molecule has 5 heterocycles. The molecule has 0 saturated carbocycles. The Balaban J connectivity index is 1.10. The molecular weight excluding hydrogens is 719 g/mol. The van der Waals surface area contributed by atoms with Crippen LogP contribution in [0.4, 0.5) is 0 Å². The van der Waals surface area contributed by atoms with Crippen molar-refractivity contribution in [2.75, 3.05) is 0 Å². The van der Waals surface area contributed by atoms with E-state index < -0.39 is 0 Å². The van der Waals surface area contributed by atoms with Gasteiger partial charge in [-0.05, 0) is 65.4 Å². The van der Waals surface area contributed by atoms with Crippen molar-refractivity contribution in [3.63, 3.8) is 0 Å². The average molecular weight is 750 g/mol. The van der Waals surface area contributed by atoms with Crippen molar-refractivity contribution in [2.45, 2.75) is 0 Å². The third-order valence-electron chi connectivity index (χ3n) is 12.8. The van der Waals surface area contributed by atoms with E-state index in [2.05, 4.69) is 202 Å². The summed E-state index contributed by atoms with van der Waals surface area (Å²) in [5.41, 5.74) is 11.3. The number of benzene rings is 9. The fourth-order valence-electron chi connectivity index (χ4n) is 10.4. The first-order valence-electron chi connectivity index (χ1n) is 20.2. The summed E-state index contributed by atoms with van der Waals surface area (Å²) in [7, 11) is 0. The van der Waals surface area contributed by atoms with Crippen LogP contribution in [0.15, 0.2) is 188 Å². The fraction of sp³-hybridized carbons (Fsp3) is 0. The maximum atomic E-state index is 5.26. The van der Waals surface area contributed by atoms with Crippen LogP contribution in [-0.2, 0) is 0 Å². The van der Waals surface area contributed by atoms with Crippen LogP contribution in [0.2, 0.25) is 0 Å². The highest BCUT2D eigenvalue weighted by Gasteiger charge is 2.27. The first-order valence-corrected chi connectivity index (χ1v) is 20.2. The van der Waals surface area contributed by atoms with Gasteiger partial charge in [0.05, 0.1) is 38.6 Å². The van der Waals surface area contributed by atoms with Gasteiger partial charge < -0.3 is 8.97 Å². The summed E-state index contributed by atoms with van der Waals surface area (Å²) in [4.78, 5) is 0. The van der Waals surface area contributed by atoms with E-state index in [9.17, 15) is 0 Å². The molecule has 272 valence electrons. The fourth-order valence-corrected chi connectivity index (χ4v) is 10.4. The van der Waals surface area contributed by atoms with Crippen molar-refractivity contribution < 1.29 is 0 Å². The molecule has 0 aliphatic rings. The zero-order valence-corrected chi connectivity index (χ0v) is 31.6. The van der Waals surface area contributed by atoms with Gasteiger partial charge >= 0.3 is 0 Å². The van der Waals surface area contributed by atoms with Crippen LogP contribution in [0.3, 0.4) is 0 Å². The third-order valence-corrected chi connectivity index (χ3v) is 12.8. The predicted molar refractivity (Wildman–Crippen MR) is 246 cm³/mol.